The minimum absolute atomic E-state index is 0.0320. The first-order chi connectivity index (χ1) is 9.71. The largest absolute Gasteiger partial charge is 0.347 e. The Kier molecular flexibility index (Phi) is 5.35. The minimum atomic E-state index is -3.47. The van der Waals surface area contributed by atoms with Crippen molar-refractivity contribution in [3.8, 4) is 0 Å². The summed E-state index contributed by atoms with van der Waals surface area (Å²) < 4.78 is 23.4. The molecule has 6 heteroatoms. The fourth-order valence-electron chi connectivity index (χ4n) is 2.68. The van der Waals surface area contributed by atoms with Gasteiger partial charge in [-0.05, 0) is 43.9 Å². The molecule has 1 N–H and O–H groups in total. The Morgan fingerprint density at radius 3 is 2.18 bits per heavy atom. The SMILES string of the molecule is CC(C)(C)CC(C)(C)NC(=O)c1ccc(Cl)c(S(C)(=O)=O)c1. The van der Waals surface area contributed by atoms with E-state index in [0.717, 1.165) is 12.7 Å². The molecule has 0 aliphatic heterocycles. The molecule has 1 rings (SSSR count). The molecule has 1 amide bonds. The first kappa shape index (κ1) is 19.0. The van der Waals surface area contributed by atoms with E-state index in [4.69, 9.17) is 11.6 Å². The van der Waals surface area contributed by atoms with E-state index in [1.165, 1.54) is 18.2 Å². The summed E-state index contributed by atoms with van der Waals surface area (Å²) in [5.41, 5.74) is -0.0543. The lowest BCUT2D eigenvalue weighted by Crippen LogP contribution is -2.45. The van der Waals surface area contributed by atoms with E-state index < -0.39 is 15.4 Å². The normalized spacial score (nSPS) is 13.0. The summed E-state index contributed by atoms with van der Waals surface area (Å²) in [7, 11) is -3.47. The number of hydrogen-bond acceptors (Lipinski definition) is 3. The molecule has 22 heavy (non-hydrogen) atoms. The summed E-state index contributed by atoms with van der Waals surface area (Å²) in [5, 5.41) is 3.07. The van der Waals surface area contributed by atoms with Crippen LogP contribution in [-0.2, 0) is 9.84 Å². The lowest BCUT2D eigenvalue weighted by atomic mass is 9.81. The lowest BCUT2D eigenvalue weighted by molar-refractivity contribution is 0.0891. The molecule has 0 atom stereocenters. The van der Waals surface area contributed by atoms with Crippen molar-refractivity contribution in [2.75, 3.05) is 6.26 Å². The molecule has 1 aromatic rings. The Labute approximate surface area is 138 Å². The number of carbonyl (C=O) groups is 1. The lowest BCUT2D eigenvalue weighted by Gasteiger charge is -2.33. The molecule has 0 aliphatic carbocycles. The first-order valence-electron chi connectivity index (χ1n) is 7.03. The van der Waals surface area contributed by atoms with Gasteiger partial charge >= 0.3 is 0 Å². The molecular formula is C16H24ClNO3S. The van der Waals surface area contributed by atoms with Crippen LogP contribution in [0.25, 0.3) is 0 Å². The monoisotopic (exact) mass is 345 g/mol. The molecule has 0 aromatic heterocycles. The highest BCUT2D eigenvalue weighted by Crippen LogP contribution is 2.27. The number of benzene rings is 1. The van der Waals surface area contributed by atoms with Gasteiger partial charge in [-0.1, -0.05) is 32.4 Å². The molecule has 0 unspecified atom stereocenters. The van der Waals surface area contributed by atoms with Crippen molar-refractivity contribution in [1.82, 2.24) is 5.32 Å². The van der Waals surface area contributed by atoms with Crippen LogP contribution >= 0.6 is 11.6 Å². The van der Waals surface area contributed by atoms with Crippen LogP contribution in [0.3, 0.4) is 0 Å². The summed E-state index contributed by atoms with van der Waals surface area (Å²) in [4.78, 5) is 12.4. The Morgan fingerprint density at radius 1 is 1.18 bits per heavy atom. The van der Waals surface area contributed by atoms with Gasteiger partial charge in [0.25, 0.3) is 5.91 Å². The van der Waals surface area contributed by atoms with Gasteiger partial charge in [0, 0.05) is 17.4 Å². The Bertz CT molecular complexity index is 673. The number of hydrogen-bond donors (Lipinski definition) is 1. The van der Waals surface area contributed by atoms with E-state index in [9.17, 15) is 13.2 Å². The van der Waals surface area contributed by atoms with E-state index in [0.29, 0.717) is 0 Å². The summed E-state index contributed by atoms with van der Waals surface area (Å²) in [6, 6.07) is 4.28. The van der Waals surface area contributed by atoms with Crippen LogP contribution in [0.1, 0.15) is 51.4 Å². The average Bonchev–Trinajstić information content (AvgIpc) is 2.23. The van der Waals surface area contributed by atoms with Gasteiger partial charge < -0.3 is 5.32 Å². The molecule has 0 bridgehead atoms. The highest BCUT2D eigenvalue weighted by Gasteiger charge is 2.27. The molecule has 0 heterocycles. The van der Waals surface area contributed by atoms with E-state index >= 15 is 0 Å². The minimum Gasteiger partial charge on any atom is -0.347 e. The third-order valence-corrected chi connectivity index (χ3v) is 4.60. The van der Waals surface area contributed by atoms with Crippen LogP contribution in [0.15, 0.2) is 23.1 Å². The van der Waals surface area contributed by atoms with Crippen LogP contribution in [0.2, 0.25) is 5.02 Å². The fraction of sp³-hybridized carbons (Fsp3) is 0.562. The van der Waals surface area contributed by atoms with E-state index in [1.54, 1.807) is 0 Å². The zero-order valence-electron chi connectivity index (χ0n) is 14.0. The van der Waals surface area contributed by atoms with E-state index in [-0.39, 0.29) is 26.8 Å². The Morgan fingerprint density at radius 2 is 1.73 bits per heavy atom. The number of halogens is 1. The molecular weight excluding hydrogens is 322 g/mol. The summed E-state index contributed by atoms with van der Waals surface area (Å²) in [6.45, 7) is 10.2. The van der Waals surface area contributed by atoms with Crippen LogP contribution in [0.4, 0.5) is 0 Å². The molecule has 0 saturated carbocycles. The topological polar surface area (TPSA) is 63.2 Å². The van der Waals surface area contributed by atoms with Crippen molar-refractivity contribution in [1.29, 1.82) is 0 Å². The van der Waals surface area contributed by atoms with Crippen LogP contribution in [0, 0.1) is 5.41 Å². The number of sulfone groups is 1. The highest BCUT2D eigenvalue weighted by atomic mass is 35.5. The summed E-state index contributed by atoms with van der Waals surface area (Å²) in [6.07, 6.45) is 1.86. The molecule has 4 nitrogen and oxygen atoms in total. The van der Waals surface area contributed by atoms with Gasteiger partial charge in [-0.25, -0.2) is 8.42 Å². The number of amides is 1. The predicted octanol–water partition coefficient (Wildman–Crippen LogP) is 3.69. The number of nitrogens with one attached hydrogen (secondary N) is 1. The van der Waals surface area contributed by atoms with Crippen molar-refractivity contribution in [3.05, 3.63) is 28.8 Å². The fourth-order valence-corrected chi connectivity index (χ4v) is 3.98. The third kappa shape index (κ3) is 5.61. The Balaban J connectivity index is 3.05. The maximum Gasteiger partial charge on any atom is 0.251 e. The maximum absolute atomic E-state index is 12.4. The van der Waals surface area contributed by atoms with E-state index in [2.05, 4.69) is 26.1 Å². The first-order valence-corrected chi connectivity index (χ1v) is 9.30. The molecule has 1 aromatic carbocycles. The van der Waals surface area contributed by atoms with Gasteiger partial charge in [0.2, 0.25) is 0 Å². The van der Waals surface area contributed by atoms with Gasteiger partial charge in [-0.15, -0.1) is 0 Å². The quantitative estimate of drug-likeness (QED) is 0.905. The third-order valence-electron chi connectivity index (χ3n) is 3.02. The number of rotatable bonds is 4. The second kappa shape index (κ2) is 6.20. The van der Waals surface area contributed by atoms with Crippen molar-refractivity contribution in [3.63, 3.8) is 0 Å². The highest BCUT2D eigenvalue weighted by molar-refractivity contribution is 7.90. The van der Waals surface area contributed by atoms with Gasteiger partial charge in [-0.2, -0.15) is 0 Å². The van der Waals surface area contributed by atoms with E-state index in [1.807, 2.05) is 13.8 Å². The van der Waals surface area contributed by atoms with Crippen LogP contribution in [-0.4, -0.2) is 26.1 Å². The predicted molar refractivity (Wildman–Crippen MR) is 90.2 cm³/mol. The van der Waals surface area contributed by atoms with Crippen LogP contribution in [0.5, 0.6) is 0 Å². The molecule has 0 saturated heterocycles. The zero-order valence-corrected chi connectivity index (χ0v) is 15.5. The smallest absolute Gasteiger partial charge is 0.251 e. The second-order valence-corrected chi connectivity index (χ2v) is 9.88. The van der Waals surface area contributed by atoms with Gasteiger partial charge in [-0.3, -0.25) is 4.79 Å². The van der Waals surface area contributed by atoms with Crippen molar-refractivity contribution in [2.45, 2.75) is 51.5 Å². The standard InChI is InChI=1S/C16H24ClNO3S/c1-15(2,3)10-16(4,5)18-14(19)11-7-8-12(17)13(9-11)22(6,20)21/h7-9H,10H2,1-6H3,(H,18,19). The maximum atomic E-state index is 12.4. The van der Waals surface area contributed by atoms with Gasteiger partial charge in [0.15, 0.2) is 9.84 Å². The molecule has 0 aliphatic rings. The average molecular weight is 346 g/mol. The summed E-state index contributed by atoms with van der Waals surface area (Å²) >= 11 is 5.89. The molecule has 124 valence electrons. The molecule has 0 fully saturated rings. The number of carbonyl (C=O) groups excluding carboxylic acids is 1. The Hall–Kier alpha value is -1.07. The summed E-state index contributed by atoms with van der Waals surface area (Å²) in [5.74, 6) is -0.309. The van der Waals surface area contributed by atoms with Crippen molar-refractivity contribution in [2.24, 2.45) is 5.41 Å². The van der Waals surface area contributed by atoms with Crippen LogP contribution < -0.4 is 5.32 Å². The van der Waals surface area contributed by atoms with Gasteiger partial charge in [0.1, 0.15) is 0 Å². The zero-order chi connectivity index (χ0) is 17.3. The molecule has 0 radical (unpaired) electrons. The van der Waals surface area contributed by atoms with Gasteiger partial charge in [0.05, 0.1) is 9.92 Å². The second-order valence-electron chi connectivity index (χ2n) is 7.49. The van der Waals surface area contributed by atoms with Crippen molar-refractivity contribution >= 4 is 27.3 Å². The van der Waals surface area contributed by atoms with Crippen molar-refractivity contribution < 1.29 is 13.2 Å². The molecule has 0 spiro atoms.